The fraction of sp³-hybridized carbons (Fsp3) is 0.353. The molecule has 3 atom stereocenters. The van der Waals surface area contributed by atoms with Crippen LogP contribution in [0.25, 0.3) is 17.0 Å². The number of anilines is 1. The van der Waals surface area contributed by atoms with Crippen LogP contribution in [0.3, 0.4) is 0 Å². The number of rotatable bonds is 3. The van der Waals surface area contributed by atoms with E-state index in [4.69, 9.17) is 4.98 Å². The van der Waals surface area contributed by atoms with E-state index in [0.717, 1.165) is 35.3 Å². The summed E-state index contributed by atoms with van der Waals surface area (Å²) < 4.78 is 2.03. The molecule has 0 aromatic carbocycles. The third-order valence-corrected chi connectivity index (χ3v) is 4.98. The lowest BCUT2D eigenvalue weighted by atomic mass is 10.1. The van der Waals surface area contributed by atoms with E-state index in [9.17, 15) is 0 Å². The van der Waals surface area contributed by atoms with E-state index >= 15 is 0 Å². The van der Waals surface area contributed by atoms with Crippen molar-refractivity contribution in [2.75, 3.05) is 11.9 Å². The lowest BCUT2D eigenvalue weighted by Gasteiger charge is -2.24. The number of hydrogen-bond donors (Lipinski definition) is 2. The van der Waals surface area contributed by atoms with Gasteiger partial charge in [0, 0.05) is 18.3 Å². The maximum Gasteiger partial charge on any atom is 0.145 e. The van der Waals surface area contributed by atoms with Gasteiger partial charge in [-0.1, -0.05) is 6.07 Å². The van der Waals surface area contributed by atoms with Crippen molar-refractivity contribution in [3.05, 3.63) is 43.0 Å². The van der Waals surface area contributed by atoms with Gasteiger partial charge in [-0.05, 0) is 37.4 Å². The summed E-state index contributed by atoms with van der Waals surface area (Å²) in [5, 5.41) is 7.12. The van der Waals surface area contributed by atoms with Crippen molar-refractivity contribution in [2.45, 2.75) is 24.9 Å². The maximum absolute atomic E-state index is 4.75. The molecule has 1 aliphatic carbocycles. The molecule has 1 aliphatic heterocycles. The maximum atomic E-state index is 4.75. The van der Waals surface area contributed by atoms with Crippen molar-refractivity contribution in [2.24, 2.45) is 5.92 Å². The van der Waals surface area contributed by atoms with E-state index in [-0.39, 0.29) is 0 Å². The predicted octanol–water partition coefficient (Wildman–Crippen LogP) is 1.95. The predicted molar refractivity (Wildman–Crippen MR) is 88.1 cm³/mol. The van der Waals surface area contributed by atoms with Crippen LogP contribution in [0.1, 0.15) is 12.8 Å². The van der Waals surface area contributed by atoms with E-state index in [1.807, 2.05) is 35.0 Å². The van der Waals surface area contributed by atoms with Crippen molar-refractivity contribution in [1.82, 2.24) is 24.7 Å². The fourth-order valence-electron chi connectivity index (χ4n) is 3.88. The van der Waals surface area contributed by atoms with Gasteiger partial charge in [-0.15, -0.1) is 0 Å². The average molecular weight is 306 g/mol. The van der Waals surface area contributed by atoms with Crippen molar-refractivity contribution >= 4 is 11.5 Å². The Hall–Kier alpha value is -2.47. The number of fused-ring (bicyclic) bond motifs is 3. The third kappa shape index (κ3) is 2.17. The first-order valence-electron chi connectivity index (χ1n) is 8.11. The highest BCUT2D eigenvalue weighted by atomic mass is 15.1. The molecule has 2 fully saturated rings. The third-order valence-electron chi connectivity index (χ3n) is 4.98. The van der Waals surface area contributed by atoms with Gasteiger partial charge in [-0.2, -0.15) is 0 Å². The van der Waals surface area contributed by atoms with Crippen LogP contribution >= 0.6 is 0 Å². The summed E-state index contributed by atoms with van der Waals surface area (Å²) in [4.78, 5) is 13.5. The Morgan fingerprint density at radius 1 is 1.17 bits per heavy atom. The Morgan fingerprint density at radius 3 is 3.04 bits per heavy atom. The van der Waals surface area contributed by atoms with Crippen LogP contribution in [0.4, 0.5) is 5.82 Å². The quantitative estimate of drug-likeness (QED) is 0.774. The number of hydrogen-bond acceptors (Lipinski definition) is 5. The van der Waals surface area contributed by atoms with Crippen molar-refractivity contribution < 1.29 is 0 Å². The molecule has 3 aromatic heterocycles. The van der Waals surface area contributed by atoms with E-state index in [0.29, 0.717) is 12.1 Å². The molecular formula is C17H18N6. The average Bonchev–Trinajstić information content (AvgIpc) is 3.30. The Kier molecular flexibility index (Phi) is 2.84. The Morgan fingerprint density at radius 2 is 2.17 bits per heavy atom. The highest BCUT2D eigenvalue weighted by molar-refractivity contribution is 5.60. The summed E-state index contributed by atoms with van der Waals surface area (Å²) >= 11 is 0. The van der Waals surface area contributed by atoms with Crippen molar-refractivity contribution in [1.29, 1.82) is 0 Å². The Balaban J connectivity index is 1.46. The molecular weight excluding hydrogens is 288 g/mol. The van der Waals surface area contributed by atoms with Crippen molar-refractivity contribution in [3.8, 4) is 11.4 Å². The lowest BCUT2D eigenvalue weighted by Crippen LogP contribution is -2.41. The summed E-state index contributed by atoms with van der Waals surface area (Å²) in [6.45, 7) is 1.16. The second kappa shape index (κ2) is 5.03. The number of nitrogens with zero attached hydrogens (tertiary/aromatic N) is 4. The highest BCUT2D eigenvalue weighted by Gasteiger charge is 2.39. The van der Waals surface area contributed by atoms with E-state index < -0.39 is 0 Å². The van der Waals surface area contributed by atoms with Crippen LogP contribution in [0.2, 0.25) is 0 Å². The minimum absolute atomic E-state index is 0.459. The van der Waals surface area contributed by atoms with Crippen molar-refractivity contribution in [3.63, 3.8) is 0 Å². The first-order valence-corrected chi connectivity index (χ1v) is 8.11. The summed E-state index contributed by atoms with van der Waals surface area (Å²) in [7, 11) is 0. The fourth-order valence-corrected chi connectivity index (χ4v) is 3.88. The van der Waals surface area contributed by atoms with Crippen LogP contribution in [0.5, 0.6) is 0 Å². The molecule has 2 N–H and O–H groups in total. The number of piperidine rings is 1. The van der Waals surface area contributed by atoms with Crippen LogP contribution in [0.15, 0.2) is 43.0 Å². The summed E-state index contributed by atoms with van der Waals surface area (Å²) in [5.41, 5.74) is 2.72. The van der Waals surface area contributed by atoms with Gasteiger partial charge >= 0.3 is 0 Å². The number of aromatic nitrogens is 4. The summed E-state index contributed by atoms with van der Waals surface area (Å²) in [5.74, 6) is 1.65. The van der Waals surface area contributed by atoms with Crippen LogP contribution < -0.4 is 10.6 Å². The number of imidazole rings is 1. The van der Waals surface area contributed by atoms with E-state index in [1.165, 1.54) is 12.8 Å². The van der Waals surface area contributed by atoms with Crippen LogP contribution in [-0.2, 0) is 0 Å². The first kappa shape index (κ1) is 13.0. The van der Waals surface area contributed by atoms with Gasteiger partial charge in [-0.3, -0.25) is 9.38 Å². The number of pyridine rings is 1. The largest absolute Gasteiger partial charge is 0.364 e. The molecule has 1 saturated carbocycles. The summed E-state index contributed by atoms with van der Waals surface area (Å²) in [6, 6.07) is 6.99. The molecule has 3 aromatic rings. The molecule has 1 saturated heterocycles. The van der Waals surface area contributed by atoms with Crippen LogP contribution in [0, 0.1) is 5.92 Å². The smallest absolute Gasteiger partial charge is 0.145 e. The molecule has 0 amide bonds. The van der Waals surface area contributed by atoms with Gasteiger partial charge in [0.2, 0.25) is 0 Å². The van der Waals surface area contributed by atoms with Gasteiger partial charge in [0.1, 0.15) is 17.2 Å². The highest BCUT2D eigenvalue weighted by Crippen LogP contribution is 2.33. The topological polar surface area (TPSA) is 67.1 Å². The minimum atomic E-state index is 0.459. The zero-order chi connectivity index (χ0) is 15.2. The molecule has 2 aliphatic rings. The summed E-state index contributed by atoms with van der Waals surface area (Å²) in [6.07, 6.45) is 9.94. The van der Waals surface area contributed by atoms with E-state index in [1.54, 1.807) is 12.4 Å². The van der Waals surface area contributed by atoms with Gasteiger partial charge in [0.25, 0.3) is 0 Å². The van der Waals surface area contributed by atoms with Gasteiger partial charge in [-0.25, -0.2) is 9.97 Å². The minimum Gasteiger partial charge on any atom is -0.364 e. The zero-order valence-corrected chi connectivity index (χ0v) is 12.7. The molecule has 3 unspecified atom stereocenters. The van der Waals surface area contributed by atoms with Gasteiger partial charge < -0.3 is 10.6 Å². The molecule has 6 nitrogen and oxygen atoms in total. The van der Waals surface area contributed by atoms with Gasteiger partial charge in [0.15, 0.2) is 0 Å². The molecule has 116 valence electrons. The second-order valence-corrected chi connectivity index (χ2v) is 6.46. The first-order chi connectivity index (χ1) is 11.4. The Labute approximate surface area is 134 Å². The number of nitrogens with one attached hydrogen (secondary N) is 2. The second-order valence-electron chi connectivity index (χ2n) is 6.46. The Bertz CT molecular complexity index is 857. The lowest BCUT2D eigenvalue weighted by molar-refractivity contribution is 0.465. The standard InChI is InChI=1S/C17H18N6/c1-2-4-23-15(9-20-17(23)3-1)14-8-18-10-16(22-14)21-13-6-11-5-12(13)19-7-11/h1-4,8-13,19H,5-7H2,(H,21,22). The zero-order valence-electron chi connectivity index (χ0n) is 12.7. The molecule has 23 heavy (non-hydrogen) atoms. The normalized spacial score (nSPS) is 26.0. The van der Waals surface area contributed by atoms with Gasteiger partial charge in [0.05, 0.1) is 24.3 Å². The monoisotopic (exact) mass is 306 g/mol. The molecule has 2 bridgehead atoms. The molecule has 0 spiro atoms. The van der Waals surface area contributed by atoms with Crippen LogP contribution in [-0.4, -0.2) is 38.0 Å². The SMILES string of the molecule is c1ccn2c(-c3cncc(NC4CC5CNC4C5)n3)cnc2c1. The van der Waals surface area contributed by atoms with E-state index in [2.05, 4.69) is 20.6 Å². The molecule has 5 rings (SSSR count). The molecule has 4 heterocycles. The molecule has 0 radical (unpaired) electrons. The molecule has 6 heteroatoms.